The van der Waals surface area contributed by atoms with Crippen molar-refractivity contribution >= 4 is 30.0 Å². The maximum atomic E-state index is 11.0. The Morgan fingerprint density at radius 2 is 1.65 bits per heavy atom. The number of carboxylic acids is 1. The van der Waals surface area contributed by atoms with Crippen LogP contribution in [-0.2, 0) is 19.7 Å². The highest BCUT2D eigenvalue weighted by atomic mass is 35.5. The van der Waals surface area contributed by atoms with Crippen LogP contribution in [0.3, 0.4) is 0 Å². The second-order valence-corrected chi connectivity index (χ2v) is 7.07. The second-order valence-electron chi connectivity index (χ2n) is 6.66. The minimum atomic E-state index is -0.928. The van der Waals surface area contributed by atoms with Crippen molar-refractivity contribution in [3.8, 4) is 11.5 Å². The molecule has 0 saturated carbocycles. The molecular weight excluding hydrogens is 437 g/mol. The van der Waals surface area contributed by atoms with Crippen molar-refractivity contribution in [2.24, 2.45) is 0 Å². The average molecular weight is 462 g/mol. The highest BCUT2D eigenvalue weighted by Gasteiger charge is 2.12. The summed E-state index contributed by atoms with van der Waals surface area (Å²) in [7, 11) is 0. The Morgan fingerprint density at radius 1 is 0.935 bits per heavy atom. The van der Waals surface area contributed by atoms with Gasteiger partial charge in [0.05, 0.1) is 12.2 Å². The minimum absolute atomic E-state index is 0. The number of ether oxygens (including phenoxy) is 2. The number of hydrogen-bond acceptors (Lipinski definition) is 4. The Hall–Kier alpha value is -2.73. The molecule has 0 heterocycles. The molecule has 0 fully saturated rings. The Kier molecular flexibility index (Phi) is 9.66. The van der Waals surface area contributed by atoms with Crippen LogP contribution >= 0.6 is 24.0 Å². The zero-order chi connectivity index (χ0) is 21.3. The van der Waals surface area contributed by atoms with E-state index in [9.17, 15) is 4.79 Å². The quantitative estimate of drug-likeness (QED) is 0.403. The number of carbonyl (C=O) groups is 1. The van der Waals surface area contributed by atoms with Gasteiger partial charge in [-0.3, -0.25) is 0 Å². The SMILES string of the molecule is CCOc1cccc(CNCc2ccc(C(=O)O)cc2)c1OCc1ccccc1Cl.Cl. The standard InChI is InChI=1S/C24H24ClNO4.ClH/c1-2-29-22-9-5-7-19(23(22)30-16-20-6-3-4-8-21(20)25)15-26-14-17-10-12-18(13-11-17)24(27)28;/h3-13,26H,2,14-16H2,1H3,(H,27,28);1H. The second kappa shape index (κ2) is 12.2. The van der Waals surface area contributed by atoms with Gasteiger partial charge in [0.1, 0.15) is 6.61 Å². The number of nitrogens with one attached hydrogen (secondary N) is 1. The Balaban J connectivity index is 0.00000341. The van der Waals surface area contributed by atoms with Gasteiger partial charge in [-0.05, 0) is 36.8 Å². The third kappa shape index (κ3) is 6.89. The summed E-state index contributed by atoms with van der Waals surface area (Å²) in [5.74, 6) is 0.449. The van der Waals surface area contributed by atoms with E-state index in [1.807, 2.05) is 61.5 Å². The van der Waals surface area contributed by atoms with Gasteiger partial charge in [0.15, 0.2) is 11.5 Å². The Bertz CT molecular complexity index is 993. The van der Waals surface area contributed by atoms with Gasteiger partial charge in [-0.2, -0.15) is 0 Å². The molecule has 3 aromatic carbocycles. The van der Waals surface area contributed by atoms with Crippen LogP contribution in [0.25, 0.3) is 0 Å². The molecule has 0 aliphatic heterocycles. The molecule has 0 unspecified atom stereocenters. The molecule has 0 aliphatic rings. The Morgan fingerprint density at radius 3 is 2.32 bits per heavy atom. The average Bonchev–Trinajstić information content (AvgIpc) is 2.75. The van der Waals surface area contributed by atoms with Crippen molar-refractivity contribution in [2.75, 3.05) is 6.61 Å². The van der Waals surface area contributed by atoms with Crippen molar-refractivity contribution in [3.05, 3.63) is 94.0 Å². The first-order chi connectivity index (χ1) is 14.6. The summed E-state index contributed by atoms with van der Waals surface area (Å²) in [5, 5.41) is 13.0. The number of aromatic carboxylic acids is 1. The van der Waals surface area contributed by atoms with Crippen LogP contribution in [-0.4, -0.2) is 17.7 Å². The van der Waals surface area contributed by atoms with Crippen LogP contribution in [0, 0.1) is 0 Å². The normalized spacial score (nSPS) is 10.3. The summed E-state index contributed by atoms with van der Waals surface area (Å²) >= 11 is 6.25. The zero-order valence-electron chi connectivity index (χ0n) is 17.1. The van der Waals surface area contributed by atoms with Gasteiger partial charge in [0.25, 0.3) is 0 Å². The van der Waals surface area contributed by atoms with Crippen molar-refractivity contribution in [3.63, 3.8) is 0 Å². The molecule has 0 saturated heterocycles. The maximum Gasteiger partial charge on any atom is 0.335 e. The van der Waals surface area contributed by atoms with E-state index < -0.39 is 5.97 Å². The lowest BCUT2D eigenvalue weighted by molar-refractivity contribution is 0.0697. The lowest BCUT2D eigenvalue weighted by Crippen LogP contribution is -2.14. The fourth-order valence-electron chi connectivity index (χ4n) is 3.01. The number of hydrogen-bond donors (Lipinski definition) is 2. The lowest BCUT2D eigenvalue weighted by atomic mass is 10.1. The number of halogens is 2. The first kappa shape index (κ1) is 24.5. The minimum Gasteiger partial charge on any atom is -0.490 e. The summed E-state index contributed by atoms with van der Waals surface area (Å²) in [4.78, 5) is 11.0. The van der Waals surface area contributed by atoms with Crippen LogP contribution in [0.15, 0.2) is 66.7 Å². The van der Waals surface area contributed by atoms with Gasteiger partial charge in [-0.25, -0.2) is 4.79 Å². The predicted octanol–water partition coefficient (Wildman–Crippen LogP) is 5.73. The molecule has 2 N–H and O–H groups in total. The van der Waals surface area contributed by atoms with Gasteiger partial charge in [-0.15, -0.1) is 12.4 Å². The molecule has 0 spiro atoms. The van der Waals surface area contributed by atoms with E-state index in [1.165, 1.54) is 0 Å². The molecule has 0 atom stereocenters. The number of carboxylic acid groups (broad SMARTS) is 1. The molecule has 0 radical (unpaired) electrons. The number of benzene rings is 3. The van der Waals surface area contributed by atoms with E-state index in [2.05, 4.69) is 5.32 Å². The molecule has 0 amide bonds. The highest BCUT2D eigenvalue weighted by Crippen LogP contribution is 2.32. The number of rotatable bonds is 10. The summed E-state index contributed by atoms with van der Waals surface area (Å²) in [5.41, 5.74) is 3.15. The summed E-state index contributed by atoms with van der Waals surface area (Å²) < 4.78 is 11.9. The van der Waals surface area contributed by atoms with E-state index in [0.29, 0.717) is 42.8 Å². The van der Waals surface area contributed by atoms with E-state index in [1.54, 1.807) is 12.1 Å². The maximum absolute atomic E-state index is 11.0. The monoisotopic (exact) mass is 461 g/mol. The topological polar surface area (TPSA) is 67.8 Å². The van der Waals surface area contributed by atoms with E-state index in [4.69, 9.17) is 26.2 Å². The molecule has 0 bridgehead atoms. The van der Waals surface area contributed by atoms with E-state index in [-0.39, 0.29) is 18.0 Å². The zero-order valence-corrected chi connectivity index (χ0v) is 18.7. The Labute approximate surface area is 193 Å². The smallest absolute Gasteiger partial charge is 0.335 e. The van der Waals surface area contributed by atoms with Gasteiger partial charge >= 0.3 is 5.97 Å². The summed E-state index contributed by atoms with van der Waals surface area (Å²) in [6.45, 7) is 3.98. The molecule has 3 rings (SSSR count). The molecule has 0 aromatic heterocycles. The summed E-state index contributed by atoms with van der Waals surface area (Å²) in [6, 6.07) is 20.2. The lowest BCUT2D eigenvalue weighted by Gasteiger charge is -2.17. The van der Waals surface area contributed by atoms with Gasteiger partial charge in [0.2, 0.25) is 0 Å². The van der Waals surface area contributed by atoms with Crippen LogP contribution in [0.5, 0.6) is 11.5 Å². The fourth-order valence-corrected chi connectivity index (χ4v) is 3.20. The molecule has 164 valence electrons. The molecular formula is C24H25Cl2NO4. The van der Waals surface area contributed by atoms with Gasteiger partial charge < -0.3 is 19.9 Å². The van der Waals surface area contributed by atoms with Crippen LogP contribution in [0.1, 0.15) is 34.0 Å². The first-order valence-electron chi connectivity index (χ1n) is 9.72. The fraction of sp³-hybridized carbons (Fsp3) is 0.208. The third-order valence-electron chi connectivity index (χ3n) is 4.54. The largest absolute Gasteiger partial charge is 0.490 e. The highest BCUT2D eigenvalue weighted by molar-refractivity contribution is 6.31. The summed E-state index contributed by atoms with van der Waals surface area (Å²) in [6.07, 6.45) is 0. The number of para-hydroxylation sites is 1. The van der Waals surface area contributed by atoms with Crippen LogP contribution < -0.4 is 14.8 Å². The molecule has 5 nitrogen and oxygen atoms in total. The van der Waals surface area contributed by atoms with Gasteiger partial charge in [-0.1, -0.05) is 54.1 Å². The van der Waals surface area contributed by atoms with Gasteiger partial charge in [0, 0.05) is 29.2 Å². The van der Waals surface area contributed by atoms with Crippen molar-refractivity contribution in [2.45, 2.75) is 26.6 Å². The van der Waals surface area contributed by atoms with Crippen LogP contribution in [0.2, 0.25) is 5.02 Å². The molecule has 31 heavy (non-hydrogen) atoms. The van der Waals surface area contributed by atoms with Crippen LogP contribution in [0.4, 0.5) is 0 Å². The molecule has 0 aliphatic carbocycles. The van der Waals surface area contributed by atoms with Crippen molar-refractivity contribution in [1.82, 2.24) is 5.32 Å². The first-order valence-corrected chi connectivity index (χ1v) is 10.1. The van der Waals surface area contributed by atoms with E-state index in [0.717, 1.165) is 16.7 Å². The predicted molar refractivity (Wildman–Crippen MR) is 125 cm³/mol. The van der Waals surface area contributed by atoms with E-state index >= 15 is 0 Å². The van der Waals surface area contributed by atoms with Crippen molar-refractivity contribution < 1.29 is 19.4 Å². The molecule has 7 heteroatoms. The van der Waals surface area contributed by atoms with Crippen molar-refractivity contribution in [1.29, 1.82) is 0 Å². The molecule has 3 aromatic rings. The third-order valence-corrected chi connectivity index (χ3v) is 4.90.